The van der Waals surface area contributed by atoms with Crippen molar-refractivity contribution in [2.24, 2.45) is 5.73 Å². The van der Waals surface area contributed by atoms with Gasteiger partial charge in [0.25, 0.3) is 5.91 Å². The van der Waals surface area contributed by atoms with E-state index in [4.69, 9.17) is 38.4 Å². The van der Waals surface area contributed by atoms with E-state index < -0.39 is 11.9 Å². The molecule has 0 saturated heterocycles. The summed E-state index contributed by atoms with van der Waals surface area (Å²) in [6, 6.07) is 25.4. The number of aliphatic carboxylic acids is 1. The van der Waals surface area contributed by atoms with E-state index in [0.29, 0.717) is 57.2 Å². The second-order valence-electron chi connectivity index (χ2n) is 11.7. The number of carboxylic acid groups (broad SMARTS) is 1. The van der Waals surface area contributed by atoms with Gasteiger partial charge in [-0.25, -0.2) is 0 Å². The van der Waals surface area contributed by atoms with Gasteiger partial charge in [-0.2, -0.15) is 0 Å². The van der Waals surface area contributed by atoms with E-state index in [-0.39, 0.29) is 69.6 Å². The van der Waals surface area contributed by atoms with E-state index in [1.54, 1.807) is 74.9 Å². The molecule has 0 atom stereocenters. The van der Waals surface area contributed by atoms with Gasteiger partial charge in [0.2, 0.25) is 0 Å². The summed E-state index contributed by atoms with van der Waals surface area (Å²) in [7, 11) is 0. The van der Waals surface area contributed by atoms with Crippen LogP contribution in [0.15, 0.2) is 110 Å². The minimum Gasteiger partial charge on any atom is -0.537 e. The second kappa shape index (κ2) is 26.5. The monoisotopic (exact) mass is 904 g/mol. The van der Waals surface area contributed by atoms with E-state index in [1.807, 2.05) is 48.4 Å². The fraction of sp³-hybridized carbons (Fsp3) is 0.136. The molecular formula is C44H35Cl2KN4O7S2. The number of carbonyl (C=O) groups is 4. The Hall–Kier alpha value is -4.68. The van der Waals surface area contributed by atoms with Crippen molar-refractivity contribution in [3.63, 3.8) is 0 Å². The zero-order valence-electron chi connectivity index (χ0n) is 32.6. The first-order valence-corrected chi connectivity index (χ1v) is 19.9. The summed E-state index contributed by atoms with van der Waals surface area (Å²) in [6.07, 6.45) is 6.30. The Morgan fingerprint density at radius 1 is 0.717 bits per heavy atom. The van der Waals surface area contributed by atoms with Crippen molar-refractivity contribution >= 4 is 69.3 Å². The van der Waals surface area contributed by atoms with Gasteiger partial charge in [-0.15, -0.1) is 22.7 Å². The molecule has 0 saturated carbocycles. The predicted octanol–water partition coefficient (Wildman–Crippen LogP) is 4.01. The molecule has 0 fully saturated rings. The first-order chi connectivity index (χ1) is 28.4. The zero-order chi connectivity index (χ0) is 42.6. The van der Waals surface area contributed by atoms with Crippen molar-refractivity contribution in [1.29, 1.82) is 0 Å². The molecule has 0 aliphatic heterocycles. The molecular weight excluding hydrogens is 871 g/mol. The van der Waals surface area contributed by atoms with E-state index >= 15 is 0 Å². The van der Waals surface area contributed by atoms with Crippen LogP contribution in [0.2, 0.25) is 10.0 Å². The van der Waals surface area contributed by atoms with Crippen molar-refractivity contribution in [2.45, 2.75) is 13.8 Å². The Balaban J connectivity index is 0.000000265. The maximum absolute atomic E-state index is 11.7. The summed E-state index contributed by atoms with van der Waals surface area (Å²) < 4.78 is 11.0. The number of aromatic nitrogens is 2. The number of carboxylic acids is 1. The molecule has 11 nitrogen and oxygen atoms in total. The van der Waals surface area contributed by atoms with Gasteiger partial charge in [0.1, 0.15) is 30.7 Å². The fourth-order valence-corrected chi connectivity index (χ4v) is 6.84. The Bertz CT molecular complexity index is 2510. The molecule has 1 amide bonds. The number of hydrogen-bond donors (Lipinski definition) is 2. The molecule has 300 valence electrons. The van der Waals surface area contributed by atoms with Crippen LogP contribution in [0.5, 0.6) is 11.5 Å². The van der Waals surface area contributed by atoms with Crippen molar-refractivity contribution in [3.05, 3.63) is 141 Å². The van der Waals surface area contributed by atoms with E-state index in [2.05, 4.69) is 33.0 Å². The van der Waals surface area contributed by atoms with Crippen LogP contribution < -0.4 is 77.0 Å². The quantitative estimate of drug-likeness (QED) is 0.0838. The molecule has 6 aromatic rings. The topological polar surface area (TPSA) is 174 Å². The number of ketones is 2. The largest absolute Gasteiger partial charge is 1.00 e. The SMILES string of the molecule is CC(=O)c1ccc(-c2ccc(OCCN)c(Cl)c2)s1.CC(=O)c1ccc(-c2ccc(OCCNC(=O)C#Cc3cccnc3)c(Cl)c2)s1.O=C([O-])C#Cc1cccnc1.[K+]. The van der Waals surface area contributed by atoms with Crippen molar-refractivity contribution in [1.82, 2.24) is 15.3 Å². The van der Waals surface area contributed by atoms with Gasteiger partial charge >= 0.3 is 51.4 Å². The third kappa shape index (κ3) is 17.1. The minimum absolute atomic E-state index is 0. The molecule has 16 heteroatoms. The van der Waals surface area contributed by atoms with Crippen LogP contribution in [0.1, 0.15) is 44.3 Å². The number of ether oxygens (including phenoxy) is 2. The Morgan fingerprint density at radius 3 is 1.60 bits per heavy atom. The van der Waals surface area contributed by atoms with Crippen molar-refractivity contribution in [2.75, 3.05) is 26.3 Å². The van der Waals surface area contributed by atoms with Gasteiger partial charge in [-0.1, -0.05) is 35.0 Å². The van der Waals surface area contributed by atoms with Gasteiger partial charge in [0.15, 0.2) is 11.6 Å². The van der Waals surface area contributed by atoms with Crippen LogP contribution in [0, 0.1) is 23.7 Å². The number of nitrogens with two attached hydrogens (primary N) is 1. The first-order valence-electron chi connectivity index (χ1n) is 17.5. The summed E-state index contributed by atoms with van der Waals surface area (Å²) in [4.78, 5) is 55.4. The maximum atomic E-state index is 11.7. The third-order valence-corrected chi connectivity index (χ3v) is 10.4. The summed E-state index contributed by atoms with van der Waals surface area (Å²) >= 11 is 15.3. The van der Waals surface area contributed by atoms with Crippen LogP contribution in [0.4, 0.5) is 0 Å². The number of carbonyl (C=O) groups excluding carboxylic acids is 4. The molecule has 3 N–H and O–H groups in total. The number of halogens is 2. The number of nitrogens with zero attached hydrogens (tertiary/aromatic N) is 2. The van der Waals surface area contributed by atoms with Crippen molar-refractivity contribution in [3.8, 4) is 56.1 Å². The number of hydrogen-bond acceptors (Lipinski definition) is 12. The molecule has 4 aromatic heterocycles. The molecule has 2 aromatic carbocycles. The number of Topliss-reactive ketones (excluding diaryl/α,β-unsaturated/α-hetero) is 2. The number of benzene rings is 2. The van der Waals surface area contributed by atoms with Gasteiger partial charge < -0.3 is 30.4 Å². The van der Waals surface area contributed by atoms with Gasteiger partial charge in [-0.05, 0) is 116 Å². The Labute approximate surface area is 408 Å². The average molecular weight is 906 g/mol. The first kappa shape index (κ1) is 49.7. The van der Waals surface area contributed by atoms with Gasteiger partial charge in [-0.3, -0.25) is 24.4 Å². The van der Waals surface area contributed by atoms with E-state index in [9.17, 15) is 24.3 Å². The minimum atomic E-state index is -1.38. The molecule has 0 spiro atoms. The Kier molecular flexibility index (Phi) is 21.9. The number of pyridine rings is 2. The Morgan fingerprint density at radius 2 is 1.20 bits per heavy atom. The number of thiophene rings is 2. The second-order valence-corrected chi connectivity index (χ2v) is 14.7. The molecule has 6 rings (SSSR count). The van der Waals surface area contributed by atoms with Crippen LogP contribution in [0.3, 0.4) is 0 Å². The number of nitrogens with one attached hydrogen (secondary N) is 1. The predicted molar refractivity (Wildman–Crippen MR) is 230 cm³/mol. The van der Waals surface area contributed by atoms with Crippen molar-refractivity contribution < 1.29 is 85.1 Å². The third-order valence-electron chi connectivity index (χ3n) is 7.31. The van der Waals surface area contributed by atoms with E-state index in [1.165, 1.54) is 28.9 Å². The molecule has 0 aliphatic carbocycles. The summed E-state index contributed by atoms with van der Waals surface area (Å²) in [6.45, 7) is 4.55. The summed E-state index contributed by atoms with van der Waals surface area (Å²) in [5, 5.41) is 13.5. The van der Waals surface area contributed by atoms with E-state index in [0.717, 1.165) is 25.8 Å². The van der Waals surface area contributed by atoms with Crippen LogP contribution >= 0.6 is 45.9 Å². The molecule has 60 heavy (non-hydrogen) atoms. The molecule has 4 heterocycles. The maximum Gasteiger partial charge on any atom is 1.00 e. The van der Waals surface area contributed by atoms with Crippen LogP contribution in [-0.4, -0.2) is 59.7 Å². The van der Waals surface area contributed by atoms with Gasteiger partial charge in [0, 0.05) is 58.1 Å². The van der Waals surface area contributed by atoms with Crippen LogP contribution in [0.25, 0.3) is 20.9 Å². The molecule has 0 aliphatic rings. The molecule has 0 unspecified atom stereocenters. The standard InChI is InChI=1S/C22H17ClN2O3S.C14H14ClNO2S.C8H5NO2.K/c1-15(26)20-7-8-21(29-20)17-5-6-19(18(23)13-17)28-12-11-25-22(27)9-4-16-3-2-10-24-14-16;1-9(17)13-4-5-14(19-13)10-2-3-12(11(15)8-10)18-7-6-16;10-8(11)4-3-7-2-1-5-9-6-7;/h2-3,5-8,10,13-14H,11-12H2,1H3,(H,25,27);2-5,8H,6-7,16H2,1H3;1-2,5-6H,(H,10,11);/q;;;+1/p-1. The molecule has 0 radical (unpaired) electrons. The molecule has 0 bridgehead atoms. The summed E-state index contributed by atoms with van der Waals surface area (Å²) in [5.41, 5.74) is 8.51. The smallest absolute Gasteiger partial charge is 0.537 e. The fourth-order valence-electron chi connectivity index (χ4n) is 4.57. The number of rotatable bonds is 11. The zero-order valence-corrected chi connectivity index (χ0v) is 38.9. The average Bonchev–Trinajstić information content (AvgIpc) is 3.94. The summed E-state index contributed by atoms with van der Waals surface area (Å²) in [5.74, 6) is 8.97. The van der Waals surface area contributed by atoms with Crippen LogP contribution in [-0.2, 0) is 9.59 Å². The normalized spacial score (nSPS) is 9.62. The van der Waals surface area contributed by atoms with Gasteiger partial charge in [0.05, 0.1) is 26.3 Å². The number of amides is 1.